The Morgan fingerprint density at radius 1 is 1.27 bits per heavy atom. The number of halogens is 1. The highest BCUT2D eigenvalue weighted by atomic mass is 19.1. The molecule has 2 aliphatic rings. The molecule has 2 aliphatic heterocycles. The summed E-state index contributed by atoms with van der Waals surface area (Å²) in [7, 11) is 0. The third-order valence-corrected chi connectivity index (χ3v) is 5.04. The smallest absolute Gasteiger partial charge is 0.166 e. The molecule has 148 valence electrons. The molecule has 5 rings (SSSR count). The van der Waals surface area contributed by atoms with Crippen LogP contribution in [0.2, 0.25) is 0 Å². The van der Waals surface area contributed by atoms with E-state index >= 15 is 0 Å². The van der Waals surface area contributed by atoms with Crippen molar-refractivity contribution in [2.24, 2.45) is 4.99 Å². The first-order chi connectivity index (χ1) is 14.6. The zero-order valence-electron chi connectivity index (χ0n) is 15.8. The average molecular weight is 401 g/mol. The Bertz CT molecular complexity index is 1270. The Hall–Kier alpha value is -4.19. The van der Waals surface area contributed by atoms with Crippen molar-refractivity contribution >= 4 is 17.7 Å². The number of hydrogen-bond acceptors (Lipinski definition) is 7. The SMILES string of the molecule is N#Cc1ncn2c1-c1cnc(N)c(c1)OCc1cc(F)ccc1C1=C(C2)N=CCN1. The van der Waals surface area contributed by atoms with Gasteiger partial charge in [0.05, 0.1) is 36.5 Å². The highest BCUT2D eigenvalue weighted by Gasteiger charge is 2.22. The molecule has 0 fully saturated rings. The predicted octanol–water partition coefficient (Wildman–Crippen LogP) is 2.47. The quantitative estimate of drug-likeness (QED) is 0.598. The maximum atomic E-state index is 14.0. The molecule has 0 radical (unpaired) electrons. The largest absolute Gasteiger partial charge is 0.485 e. The van der Waals surface area contributed by atoms with Crippen LogP contribution in [0.4, 0.5) is 10.2 Å². The lowest BCUT2D eigenvalue weighted by Crippen LogP contribution is -2.23. The summed E-state index contributed by atoms with van der Waals surface area (Å²) < 4.78 is 21.8. The number of pyridine rings is 1. The van der Waals surface area contributed by atoms with E-state index in [1.54, 1.807) is 30.9 Å². The summed E-state index contributed by atoms with van der Waals surface area (Å²) in [5, 5.41) is 12.9. The number of nitrogen functional groups attached to an aromatic ring is 1. The number of allylic oxidation sites excluding steroid dienone is 1. The number of imidazole rings is 1. The third kappa shape index (κ3) is 2.95. The van der Waals surface area contributed by atoms with Gasteiger partial charge in [-0.25, -0.2) is 14.4 Å². The standard InChI is InChI=1S/C21H16FN7O/c22-14-1-2-15-13(5-14)10-30-18-6-12(8-27-21(18)24)20-16(7-23)28-11-29(20)9-17-19(15)26-4-3-25-17/h1-3,5-6,8,11,26H,4,9-10H2,(H2,24,27). The number of rotatable bonds is 0. The summed E-state index contributed by atoms with van der Waals surface area (Å²) in [5.41, 5.74) is 10.5. The third-order valence-electron chi connectivity index (χ3n) is 5.04. The minimum Gasteiger partial charge on any atom is -0.485 e. The lowest BCUT2D eigenvalue weighted by atomic mass is 10.0. The van der Waals surface area contributed by atoms with Crippen LogP contribution in [-0.2, 0) is 13.2 Å². The second kappa shape index (κ2) is 7.00. The molecule has 30 heavy (non-hydrogen) atoms. The normalized spacial score (nSPS) is 14.8. The highest BCUT2D eigenvalue weighted by Crippen LogP contribution is 2.33. The molecule has 2 aromatic heterocycles. The number of aromatic nitrogens is 3. The maximum absolute atomic E-state index is 14.0. The lowest BCUT2D eigenvalue weighted by Gasteiger charge is -2.22. The van der Waals surface area contributed by atoms with Gasteiger partial charge >= 0.3 is 0 Å². The van der Waals surface area contributed by atoms with Gasteiger partial charge in [0, 0.05) is 29.1 Å². The number of benzene rings is 1. The second-order valence-corrected chi connectivity index (χ2v) is 6.89. The molecule has 1 aromatic carbocycles. The lowest BCUT2D eigenvalue weighted by molar-refractivity contribution is 0.306. The van der Waals surface area contributed by atoms with Gasteiger partial charge in [-0.1, -0.05) is 0 Å². The summed E-state index contributed by atoms with van der Waals surface area (Å²) >= 11 is 0. The van der Waals surface area contributed by atoms with Crippen LogP contribution in [0.3, 0.4) is 0 Å². The van der Waals surface area contributed by atoms with E-state index in [9.17, 15) is 9.65 Å². The summed E-state index contributed by atoms with van der Waals surface area (Å²) in [6.45, 7) is 1.00. The Morgan fingerprint density at radius 3 is 3.03 bits per heavy atom. The van der Waals surface area contributed by atoms with Gasteiger partial charge in [-0.05, 0) is 24.3 Å². The molecule has 0 saturated carbocycles. The number of nitrogens with one attached hydrogen (secondary N) is 1. The number of ether oxygens (including phenoxy) is 1. The Balaban J connectivity index is 1.78. The first-order valence-electron chi connectivity index (χ1n) is 9.26. The van der Waals surface area contributed by atoms with Gasteiger partial charge in [-0.2, -0.15) is 5.26 Å². The number of nitrogens with zero attached hydrogens (tertiary/aromatic N) is 5. The van der Waals surface area contributed by atoms with Gasteiger partial charge < -0.3 is 20.4 Å². The molecule has 0 atom stereocenters. The van der Waals surface area contributed by atoms with E-state index in [0.717, 1.165) is 17.0 Å². The molecule has 3 N–H and O–H groups in total. The highest BCUT2D eigenvalue weighted by molar-refractivity contribution is 5.78. The molecular formula is C21H16FN7O. The van der Waals surface area contributed by atoms with E-state index in [-0.39, 0.29) is 23.9 Å². The van der Waals surface area contributed by atoms with E-state index in [2.05, 4.69) is 26.3 Å². The minimum atomic E-state index is -0.360. The van der Waals surface area contributed by atoms with Crippen molar-refractivity contribution in [1.29, 1.82) is 5.26 Å². The number of nitrogens with two attached hydrogens (primary N) is 1. The van der Waals surface area contributed by atoms with Crippen molar-refractivity contribution in [3.8, 4) is 23.1 Å². The maximum Gasteiger partial charge on any atom is 0.166 e. The monoisotopic (exact) mass is 401 g/mol. The molecule has 4 heterocycles. The molecule has 0 unspecified atom stereocenters. The molecule has 0 saturated heterocycles. The van der Waals surface area contributed by atoms with Crippen LogP contribution in [-0.4, -0.2) is 27.3 Å². The summed E-state index contributed by atoms with van der Waals surface area (Å²) in [4.78, 5) is 13.0. The Labute approximate surface area is 171 Å². The van der Waals surface area contributed by atoms with Crippen LogP contribution in [0.5, 0.6) is 5.75 Å². The fourth-order valence-electron chi connectivity index (χ4n) is 3.67. The summed E-state index contributed by atoms with van der Waals surface area (Å²) in [5.74, 6) is 0.198. The molecule has 8 nitrogen and oxygen atoms in total. The number of nitriles is 1. The zero-order chi connectivity index (χ0) is 20.7. The van der Waals surface area contributed by atoms with Crippen LogP contribution in [0.25, 0.3) is 17.0 Å². The van der Waals surface area contributed by atoms with Gasteiger partial charge in [0.25, 0.3) is 0 Å². The molecule has 9 heteroatoms. The second-order valence-electron chi connectivity index (χ2n) is 6.89. The zero-order valence-corrected chi connectivity index (χ0v) is 15.8. The van der Waals surface area contributed by atoms with Crippen molar-refractivity contribution in [3.63, 3.8) is 0 Å². The Morgan fingerprint density at radius 2 is 2.17 bits per heavy atom. The topological polar surface area (TPSA) is 114 Å². The molecule has 2 bridgehead atoms. The van der Waals surface area contributed by atoms with Crippen LogP contribution in [0, 0.1) is 17.1 Å². The van der Waals surface area contributed by atoms with E-state index in [0.29, 0.717) is 35.7 Å². The fourth-order valence-corrected chi connectivity index (χ4v) is 3.67. The van der Waals surface area contributed by atoms with E-state index in [1.807, 2.05) is 4.57 Å². The van der Waals surface area contributed by atoms with E-state index < -0.39 is 0 Å². The van der Waals surface area contributed by atoms with Crippen LogP contribution >= 0.6 is 0 Å². The number of fused-ring (bicyclic) bond motifs is 6. The van der Waals surface area contributed by atoms with Crippen molar-refractivity contribution in [2.75, 3.05) is 12.3 Å². The van der Waals surface area contributed by atoms with Crippen molar-refractivity contribution in [2.45, 2.75) is 13.2 Å². The van der Waals surface area contributed by atoms with Crippen molar-refractivity contribution in [1.82, 2.24) is 19.9 Å². The molecule has 0 aliphatic carbocycles. The van der Waals surface area contributed by atoms with Gasteiger partial charge in [0.2, 0.25) is 0 Å². The van der Waals surface area contributed by atoms with E-state index in [4.69, 9.17) is 10.5 Å². The number of aliphatic imine (C=N–C) groups is 1. The molecular weight excluding hydrogens is 385 g/mol. The van der Waals surface area contributed by atoms with Crippen LogP contribution < -0.4 is 15.8 Å². The summed E-state index contributed by atoms with van der Waals surface area (Å²) in [6.07, 6.45) is 4.94. The summed E-state index contributed by atoms with van der Waals surface area (Å²) in [6, 6.07) is 8.39. The van der Waals surface area contributed by atoms with Gasteiger partial charge in [-0.15, -0.1) is 0 Å². The predicted molar refractivity (Wildman–Crippen MR) is 109 cm³/mol. The van der Waals surface area contributed by atoms with Crippen LogP contribution in [0.15, 0.2) is 47.5 Å². The van der Waals surface area contributed by atoms with Crippen molar-refractivity contribution in [3.05, 3.63) is 65.1 Å². The van der Waals surface area contributed by atoms with Crippen LogP contribution in [0.1, 0.15) is 16.8 Å². The first-order valence-corrected chi connectivity index (χ1v) is 9.26. The first kappa shape index (κ1) is 17.9. The molecule has 3 aromatic rings. The van der Waals surface area contributed by atoms with E-state index in [1.165, 1.54) is 12.1 Å². The fraction of sp³-hybridized carbons (Fsp3) is 0.143. The molecule has 0 amide bonds. The molecule has 0 spiro atoms. The van der Waals surface area contributed by atoms with Gasteiger partial charge in [0.1, 0.15) is 18.5 Å². The van der Waals surface area contributed by atoms with Crippen molar-refractivity contribution < 1.29 is 9.13 Å². The van der Waals surface area contributed by atoms with Gasteiger partial charge in [-0.3, -0.25) is 4.99 Å². The number of hydrogen-bond donors (Lipinski definition) is 2. The van der Waals surface area contributed by atoms with Gasteiger partial charge in [0.15, 0.2) is 17.3 Å². The minimum absolute atomic E-state index is 0.0922. The average Bonchev–Trinajstić information content (AvgIpc) is 3.16. The Kier molecular flexibility index (Phi) is 4.17. The number of anilines is 1.